The van der Waals surface area contributed by atoms with Gasteiger partial charge in [0.05, 0.1) is 17.5 Å². The average Bonchev–Trinajstić information content (AvgIpc) is 2.90. The third kappa shape index (κ3) is 2.30. The Labute approximate surface area is 99.3 Å². The fourth-order valence-corrected chi connectivity index (χ4v) is 2.15. The monoisotopic (exact) mass is 236 g/mol. The molecule has 1 amide bonds. The summed E-state index contributed by atoms with van der Waals surface area (Å²) in [6, 6.07) is 0. The first-order valence-electron chi connectivity index (χ1n) is 5.75. The maximum Gasteiger partial charge on any atom is 0.257 e. The predicted octanol–water partition coefficient (Wildman–Crippen LogP) is 1.11. The summed E-state index contributed by atoms with van der Waals surface area (Å²) in [7, 11) is 0. The minimum absolute atomic E-state index is 0.0193. The molecule has 0 bridgehead atoms. The Morgan fingerprint density at radius 1 is 1.76 bits per heavy atom. The second-order valence-corrected chi connectivity index (χ2v) is 4.18. The number of aromatic nitrogens is 2. The van der Waals surface area contributed by atoms with Gasteiger partial charge in [-0.15, -0.1) is 0 Å². The fraction of sp³-hybridized carbons (Fsp3) is 0.545. The van der Waals surface area contributed by atoms with E-state index >= 15 is 0 Å². The van der Waals surface area contributed by atoms with Gasteiger partial charge in [-0.2, -0.15) is 5.10 Å². The van der Waals surface area contributed by atoms with Gasteiger partial charge in [-0.3, -0.25) is 9.89 Å². The number of hydrogen-bond acceptors (Lipinski definition) is 4. The van der Waals surface area contributed by atoms with Crippen molar-refractivity contribution >= 4 is 11.6 Å². The first-order chi connectivity index (χ1) is 8.26. The molecule has 2 rings (SSSR count). The summed E-state index contributed by atoms with van der Waals surface area (Å²) in [5.41, 5.74) is 1.37. The minimum atomic E-state index is -0.0193. The van der Waals surface area contributed by atoms with E-state index in [1.165, 1.54) is 6.20 Å². The molecule has 1 aromatic rings. The zero-order valence-corrected chi connectivity index (χ0v) is 9.76. The van der Waals surface area contributed by atoms with E-state index in [0.717, 1.165) is 12.1 Å². The van der Waals surface area contributed by atoms with Gasteiger partial charge in [0, 0.05) is 31.6 Å². The van der Waals surface area contributed by atoms with Crippen LogP contribution in [0.4, 0.5) is 0 Å². The molecular formula is C11H16N4O2. The van der Waals surface area contributed by atoms with E-state index < -0.39 is 0 Å². The molecule has 6 nitrogen and oxygen atoms in total. The average molecular weight is 236 g/mol. The summed E-state index contributed by atoms with van der Waals surface area (Å²) in [5, 5.41) is 18.6. The highest BCUT2D eigenvalue weighted by Crippen LogP contribution is 2.19. The summed E-state index contributed by atoms with van der Waals surface area (Å²) >= 11 is 0. The third-order valence-electron chi connectivity index (χ3n) is 3.20. The maximum atomic E-state index is 12.1. The molecule has 1 saturated heterocycles. The molecule has 0 spiro atoms. The number of oxime groups is 1. The highest BCUT2D eigenvalue weighted by Gasteiger charge is 2.28. The van der Waals surface area contributed by atoms with Gasteiger partial charge < -0.3 is 10.1 Å². The number of hydrogen-bond donors (Lipinski definition) is 2. The lowest BCUT2D eigenvalue weighted by Crippen LogP contribution is -2.43. The molecule has 6 heteroatoms. The third-order valence-corrected chi connectivity index (χ3v) is 3.20. The molecule has 0 aliphatic carbocycles. The van der Waals surface area contributed by atoms with Crippen molar-refractivity contribution in [1.29, 1.82) is 0 Å². The van der Waals surface area contributed by atoms with E-state index in [-0.39, 0.29) is 11.8 Å². The van der Waals surface area contributed by atoms with Crippen LogP contribution in [0.3, 0.4) is 0 Å². The van der Waals surface area contributed by atoms with Crippen LogP contribution in [0.25, 0.3) is 0 Å². The Bertz CT molecular complexity index is 413. The van der Waals surface area contributed by atoms with Crippen molar-refractivity contribution in [1.82, 2.24) is 15.1 Å². The molecule has 1 fully saturated rings. The van der Waals surface area contributed by atoms with Crippen LogP contribution in [0, 0.1) is 5.92 Å². The number of nitrogens with one attached hydrogen (secondary N) is 1. The summed E-state index contributed by atoms with van der Waals surface area (Å²) in [4.78, 5) is 13.9. The molecule has 17 heavy (non-hydrogen) atoms. The highest BCUT2D eigenvalue weighted by atomic mass is 16.4. The SMILES string of the molecule is CCC1CN(C(=O)c2cn[nH]c2)CCC1=NO. The van der Waals surface area contributed by atoms with Crippen LogP contribution < -0.4 is 0 Å². The van der Waals surface area contributed by atoms with Crippen molar-refractivity contribution in [3.63, 3.8) is 0 Å². The summed E-state index contributed by atoms with van der Waals surface area (Å²) in [5.74, 6) is 0.138. The Hall–Kier alpha value is -1.85. The summed E-state index contributed by atoms with van der Waals surface area (Å²) in [6.45, 7) is 3.24. The number of carbonyl (C=O) groups excluding carboxylic acids is 1. The maximum absolute atomic E-state index is 12.1. The molecule has 0 saturated carbocycles. The van der Waals surface area contributed by atoms with E-state index in [2.05, 4.69) is 15.4 Å². The summed E-state index contributed by atoms with van der Waals surface area (Å²) in [6.07, 6.45) is 4.63. The number of carbonyl (C=O) groups is 1. The quantitative estimate of drug-likeness (QED) is 0.596. The van der Waals surface area contributed by atoms with Crippen molar-refractivity contribution in [3.05, 3.63) is 18.0 Å². The molecule has 1 aliphatic rings. The van der Waals surface area contributed by atoms with Gasteiger partial charge in [0.15, 0.2) is 0 Å². The molecule has 0 radical (unpaired) electrons. The van der Waals surface area contributed by atoms with E-state index in [1.54, 1.807) is 11.1 Å². The van der Waals surface area contributed by atoms with E-state index in [1.807, 2.05) is 6.92 Å². The molecule has 1 atom stereocenters. The van der Waals surface area contributed by atoms with Gasteiger partial charge in [-0.05, 0) is 6.42 Å². The number of rotatable bonds is 2. The van der Waals surface area contributed by atoms with Crippen LogP contribution in [0.2, 0.25) is 0 Å². The van der Waals surface area contributed by atoms with Gasteiger partial charge in [0.25, 0.3) is 5.91 Å². The van der Waals surface area contributed by atoms with Crippen molar-refractivity contribution in [2.45, 2.75) is 19.8 Å². The van der Waals surface area contributed by atoms with E-state index in [0.29, 0.717) is 25.1 Å². The number of nitrogens with zero attached hydrogens (tertiary/aromatic N) is 3. The zero-order valence-electron chi connectivity index (χ0n) is 9.76. The van der Waals surface area contributed by atoms with Crippen LogP contribution >= 0.6 is 0 Å². The van der Waals surface area contributed by atoms with Crippen molar-refractivity contribution in [3.8, 4) is 0 Å². The topological polar surface area (TPSA) is 81.6 Å². The normalized spacial score (nSPS) is 23.0. The molecule has 0 aromatic carbocycles. The second-order valence-electron chi connectivity index (χ2n) is 4.18. The lowest BCUT2D eigenvalue weighted by Gasteiger charge is -2.32. The van der Waals surface area contributed by atoms with Gasteiger partial charge >= 0.3 is 0 Å². The molecule has 1 aromatic heterocycles. The Morgan fingerprint density at radius 3 is 3.18 bits per heavy atom. The van der Waals surface area contributed by atoms with Gasteiger partial charge in [0.1, 0.15) is 0 Å². The molecule has 92 valence electrons. The van der Waals surface area contributed by atoms with Gasteiger partial charge in [-0.1, -0.05) is 12.1 Å². The number of H-pyrrole nitrogens is 1. The predicted molar refractivity (Wildman–Crippen MR) is 62.1 cm³/mol. The minimum Gasteiger partial charge on any atom is -0.411 e. The van der Waals surface area contributed by atoms with Crippen LogP contribution in [0.1, 0.15) is 30.1 Å². The van der Waals surface area contributed by atoms with Gasteiger partial charge in [0.2, 0.25) is 0 Å². The lowest BCUT2D eigenvalue weighted by molar-refractivity contribution is 0.0729. The lowest BCUT2D eigenvalue weighted by atomic mass is 9.93. The highest BCUT2D eigenvalue weighted by molar-refractivity contribution is 5.96. The van der Waals surface area contributed by atoms with Crippen molar-refractivity contribution < 1.29 is 10.0 Å². The molecule has 1 unspecified atom stereocenters. The van der Waals surface area contributed by atoms with Crippen LogP contribution in [-0.2, 0) is 0 Å². The second kappa shape index (κ2) is 4.99. The van der Waals surface area contributed by atoms with Crippen molar-refractivity contribution in [2.24, 2.45) is 11.1 Å². The number of aromatic amines is 1. The number of amides is 1. The Kier molecular flexibility index (Phi) is 3.41. The Balaban J connectivity index is 2.07. The molecule has 2 heterocycles. The van der Waals surface area contributed by atoms with Crippen LogP contribution in [0.5, 0.6) is 0 Å². The van der Waals surface area contributed by atoms with Gasteiger partial charge in [-0.25, -0.2) is 0 Å². The standard InChI is InChI=1S/C11H16N4O2/c1-2-8-7-15(4-3-10(8)14-17)11(16)9-5-12-13-6-9/h5-6,8,17H,2-4,7H2,1H3,(H,12,13). The fourth-order valence-electron chi connectivity index (χ4n) is 2.15. The summed E-state index contributed by atoms with van der Waals surface area (Å²) < 4.78 is 0. The number of piperidine rings is 1. The largest absolute Gasteiger partial charge is 0.411 e. The first-order valence-corrected chi connectivity index (χ1v) is 5.75. The van der Waals surface area contributed by atoms with Crippen LogP contribution in [-0.4, -0.2) is 45.0 Å². The molecular weight excluding hydrogens is 220 g/mol. The van der Waals surface area contributed by atoms with Crippen LogP contribution in [0.15, 0.2) is 17.5 Å². The Morgan fingerprint density at radius 2 is 2.59 bits per heavy atom. The van der Waals surface area contributed by atoms with E-state index in [4.69, 9.17) is 5.21 Å². The molecule has 2 N–H and O–H groups in total. The van der Waals surface area contributed by atoms with E-state index in [9.17, 15) is 4.79 Å². The molecule has 1 aliphatic heterocycles. The zero-order chi connectivity index (χ0) is 12.3. The number of likely N-dealkylation sites (tertiary alicyclic amines) is 1. The van der Waals surface area contributed by atoms with Crippen molar-refractivity contribution in [2.75, 3.05) is 13.1 Å². The smallest absolute Gasteiger partial charge is 0.257 e. The first kappa shape index (κ1) is 11.6.